The first-order chi connectivity index (χ1) is 7.81. The summed E-state index contributed by atoms with van der Waals surface area (Å²) in [5, 5.41) is 5.63. The van der Waals surface area contributed by atoms with E-state index in [0.29, 0.717) is 6.04 Å². The number of nitrogens with zero attached hydrogens (tertiary/aromatic N) is 2. The maximum atomic E-state index is 4.16. The lowest BCUT2D eigenvalue weighted by Gasteiger charge is -2.12. The maximum absolute atomic E-state index is 4.16. The lowest BCUT2D eigenvalue weighted by molar-refractivity contribution is 0.556. The van der Waals surface area contributed by atoms with Gasteiger partial charge in [0.05, 0.1) is 12.0 Å². The highest BCUT2D eigenvalue weighted by molar-refractivity contribution is 7.10. The molecule has 1 atom stereocenters. The normalized spacial score (nSPS) is 12.9. The van der Waals surface area contributed by atoms with E-state index in [1.165, 1.54) is 10.6 Å². The van der Waals surface area contributed by atoms with Gasteiger partial charge in [0, 0.05) is 30.2 Å². The summed E-state index contributed by atoms with van der Waals surface area (Å²) in [6, 6.07) is 4.66. The minimum atomic E-state index is 0.403. The third kappa shape index (κ3) is 2.51. The fourth-order valence-corrected chi connectivity index (χ4v) is 2.43. The van der Waals surface area contributed by atoms with Crippen LogP contribution in [0.3, 0.4) is 0 Å². The van der Waals surface area contributed by atoms with Crippen molar-refractivity contribution in [1.29, 1.82) is 0 Å². The summed E-state index contributed by atoms with van der Waals surface area (Å²) in [6.45, 7) is 6.17. The second kappa shape index (κ2) is 5.27. The van der Waals surface area contributed by atoms with Gasteiger partial charge in [-0.15, -0.1) is 11.3 Å². The Kier molecular flexibility index (Phi) is 3.74. The molecule has 16 heavy (non-hydrogen) atoms. The van der Waals surface area contributed by atoms with Crippen LogP contribution < -0.4 is 5.32 Å². The van der Waals surface area contributed by atoms with E-state index in [2.05, 4.69) is 46.2 Å². The summed E-state index contributed by atoms with van der Waals surface area (Å²) in [5.41, 5.74) is 1.24. The zero-order chi connectivity index (χ0) is 11.4. The van der Waals surface area contributed by atoms with Gasteiger partial charge in [0.1, 0.15) is 0 Å². The van der Waals surface area contributed by atoms with Crippen LogP contribution in [0.1, 0.15) is 30.5 Å². The van der Waals surface area contributed by atoms with Crippen LogP contribution in [0.15, 0.2) is 30.0 Å². The summed E-state index contributed by atoms with van der Waals surface area (Å²) < 4.78 is 2.16. The first-order valence-corrected chi connectivity index (χ1v) is 6.45. The SMILES string of the molecule is CCn1cncc1CN[C@H](C)c1cccs1. The Balaban J connectivity index is 1.92. The first-order valence-electron chi connectivity index (χ1n) is 5.57. The second-order valence-electron chi connectivity index (χ2n) is 3.79. The van der Waals surface area contributed by atoms with E-state index in [9.17, 15) is 0 Å². The van der Waals surface area contributed by atoms with Crippen LogP contribution in [-0.2, 0) is 13.1 Å². The van der Waals surface area contributed by atoms with Crippen molar-refractivity contribution in [3.63, 3.8) is 0 Å². The topological polar surface area (TPSA) is 29.9 Å². The molecule has 0 aliphatic rings. The molecule has 0 bridgehead atoms. The highest BCUT2D eigenvalue weighted by Crippen LogP contribution is 2.18. The van der Waals surface area contributed by atoms with E-state index in [0.717, 1.165) is 13.1 Å². The summed E-state index contributed by atoms with van der Waals surface area (Å²) in [7, 11) is 0. The molecule has 2 heterocycles. The first kappa shape index (κ1) is 11.4. The van der Waals surface area contributed by atoms with Crippen LogP contribution >= 0.6 is 11.3 Å². The highest BCUT2D eigenvalue weighted by Gasteiger charge is 2.07. The van der Waals surface area contributed by atoms with Crippen molar-refractivity contribution in [2.24, 2.45) is 0 Å². The molecule has 4 heteroatoms. The smallest absolute Gasteiger partial charge is 0.0948 e. The van der Waals surface area contributed by atoms with Crippen LogP contribution in [0, 0.1) is 0 Å². The number of hydrogen-bond acceptors (Lipinski definition) is 3. The fraction of sp³-hybridized carbons (Fsp3) is 0.417. The molecule has 2 aromatic heterocycles. The van der Waals surface area contributed by atoms with Crippen LogP contribution in [0.2, 0.25) is 0 Å². The predicted molar refractivity (Wildman–Crippen MR) is 67.5 cm³/mol. The zero-order valence-electron chi connectivity index (χ0n) is 9.68. The van der Waals surface area contributed by atoms with E-state index >= 15 is 0 Å². The number of nitrogens with one attached hydrogen (secondary N) is 1. The van der Waals surface area contributed by atoms with Gasteiger partial charge in [0.15, 0.2) is 0 Å². The van der Waals surface area contributed by atoms with Crippen molar-refractivity contribution in [2.45, 2.75) is 33.0 Å². The molecule has 0 amide bonds. The molecule has 0 spiro atoms. The van der Waals surface area contributed by atoms with E-state index < -0.39 is 0 Å². The second-order valence-corrected chi connectivity index (χ2v) is 4.77. The van der Waals surface area contributed by atoms with Crippen LogP contribution in [0.25, 0.3) is 0 Å². The van der Waals surface area contributed by atoms with Gasteiger partial charge in [-0.3, -0.25) is 0 Å². The van der Waals surface area contributed by atoms with Crippen molar-refractivity contribution in [1.82, 2.24) is 14.9 Å². The Hall–Kier alpha value is -1.13. The number of aryl methyl sites for hydroxylation is 1. The summed E-state index contributed by atoms with van der Waals surface area (Å²) in [6.07, 6.45) is 3.81. The highest BCUT2D eigenvalue weighted by atomic mass is 32.1. The lowest BCUT2D eigenvalue weighted by Crippen LogP contribution is -2.19. The summed E-state index contributed by atoms with van der Waals surface area (Å²) in [5.74, 6) is 0. The van der Waals surface area contributed by atoms with E-state index in [-0.39, 0.29) is 0 Å². The monoisotopic (exact) mass is 235 g/mol. The Morgan fingerprint density at radius 2 is 2.44 bits per heavy atom. The lowest BCUT2D eigenvalue weighted by atomic mass is 10.2. The van der Waals surface area contributed by atoms with Gasteiger partial charge >= 0.3 is 0 Å². The standard InChI is InChI=1S/C12H17N3S/c1-3-15-9-13-7-11(15)8-14-10(2)12-5-4-6-16-12/h4-7,9-10,14H,3,8H2,1-2H3/t10-/m1/s1. The Morgan fingerprint density at radius 1 is 1.56 bits per heavy atom. The van der Waals surface area contributed by atoms with Gasteiger partial charge in [-0.25, -0.2) is 4.98 Å². The summed E-state index contributed by atoms with van der Waals surface area (Å²) in [4.78, 5) is 5.54. The molecule has 86 valence electrons. The number of aromatic nitrogens is 2. The minimum absolute atomic E-state index is 0.403. The van der Waals surface area contributed by atoms with Crippen LogP contribution in [-0.4, -0.2) is 9.55 Å². The minimum Gasteiger partial charge on any atom is -0.334 e. The molecule has 1 N–H and O–H groups in total. The zero-order valence-corrected chi connectivity index (χ0v) is 10.5. The van der Waals surface area contributed by atoms with Gasteiger partial charge in [0.2, 0.25) is 0 Å². The van der Waals surface area contributed by atoms with Crippen molar-refractivity contribution in [2.75, 3.05) is 0 Å². The Labute approximate surface area is 100 Å². The molecular weight excluding hydrogens is 218 g/mol. The number of hydrogen-bond donors (Lipinski definition) is 1. The molecule has 0 unspecified atom stereocenters. The molecule has 0 aliphatic heterocycles. The van der Waals surface area contributed by atoms with Gasteiger partial charge in [-0.05, 0) is 25.3 Å². The fourth-order valence-electron chi connectivity index (χ4n) is 1.68. The molecule has 0 radical (unpaired) electrons. The Morgan fingerprint density at radius 3 is 3.12 bits per heavy atom. The molecule has 0 aromatic carbocycles. The number of rotatable bonds is 5. The molecule has 2 aromatic rings. The third-order valence-corrected chi connectivity index (χ3v) is 3.75. The summed E-state index contributed by atoms with van der Waals surface area (Å²) >= 11 is 1.79. The van der Waals surface area contributed by atoms with Gasteiger partial charge < -0.3 is 9.88 Å². The van der Waals surface area contributed by atoms with Crippen LogP contribution in [0.4, 0.5) is 0 Å². The molecule has 3 nitrogen and oxygen atoms in total. The molecule has 2 rings (SSSR count). The van der Waals surface area contributed by atoms with Crippen LogP contribution in [0.5, 0.6) is 0 Å². The van der Waals surface area contributed by atoms with Gasteiger partial charge in [0.25, 0.3) is 0 Å². The Bertz CT molecular complexity index is 419. The van der Waals surface area contributed by atoms with Crippen molar-refractivity contribution in [3.8, 4) is 0 Å². The van der Waals surface area contributed by atoms with Crippen molar-refractivity contribution in [3.05, 3.63) is 40.6 Å². The quantitative estimate of drug-likeness (QED) is 0.863. The van der Waals surface area contributed by atoms with E-state index in [4.69, 9.17) is 0 Å². The maximum Gasteiger partial charge on any atom is 0.0948 e. The van der Waals surface area contributed by atoms with E-state index in [1.54, 1.807) is 11.3 Å². The van der Waals surface area contributed by atoms with E-state index in [1.807, 2.05) is 12.5 Å². The number of thiophene rings is 1. The average Bonchev–Trinajstić information content (AvgIpc) is 2.96. The largest absolute Gasteiger partial charge is 0.334 e. The van der Waals surface area contributed by atoms with Crippen molar-refractivity contribution >= 4 is 11.3 Å². The third-order valence-electron chi connectivity index (χ3n) is 2.70. The molecule has 0 saturated heterocycles. The average molecular weight is 235 g/mol. The predicted octanol–water partition coefficient (Wildman–Crippen LogP) is 2.82. The number of imidazole rings is 1. The van der Waals surface area contributed by atoms with Gasteiger partial charge in [-0.2, -0.15) is 0 Å². The molecule has 0 saturated carbocycles. The van der Waals surface area contributed by atoms with Crippen molar-refractivity contribution < 1.29 is 0 Å². The molecule has 0 fully saturated rings. The molecule has 0 aliphatic carbocycles. The molecular formula is C12H17N3S. The van der Waals surface area contributed by atoms with Gasteiger partial charge in [-0.1, -0.05) is 6.07 Å².